The summed E-state index contributed by atoms with van der Waals surface area (Å²) in [5.41, 5.74) is 2.51. The van der Waals surface area contributed by atoms with Crippen LogP contribution in [0.25, 0.3) is 0 Å². The third kappa shape index (κ3) is 2.38. The van der Waals surface area contributed by atoms with Crippen LogP contribution in [0.4, 0.5) is 0 Å². The zero-order chi connectivity index (χ0) is 16.9. The van der Waals surface area contributed by atoms with Crippen molar-refractivity contribution < 1.29 is 19.3 Å². The largest absolute Gasteiger partial charge is 0.339 e. The third-order valence-corrected chi connectivity index (χ3v) is 5.05. The number of carbonyl (C=O) groups excluding carboxylic acids is 1. The van der Waals surface area contributed by atoms with Gasteiger partial charge in [-0.2, -0.15) is 4.89 Å². The first kappa shape index (κ1) is 15.8. The van der Waals surface area contributed by atoms with Gasteiger partial charge in [-0.05, 0) is 31.5 Å². The molecule has 5 heteroatoms. The van der Waals surface area contributed by atoms with Gasteiger partial charge in [-0.25, -0.2) is 4.89 Å². The van der Waals surface area contributed by atoms with E-state index in [-0.39, 0.29) is 12.2 Å². The Morgan fingerprint density at radius 3 is 2.67 bits per heavy atom. The first-order chi connectivity index (χ1) is 11.5. The first-order valence-electron chi connectivity index (χ1n) is 7.88. The normalized spacial score (nSPS) is 29.0. The van der Waals surface area contributed by atoms with Gasteiger partial charge in [0.25, 0.3) is 0 Å². The van der Waals surface area contributed by atoms with Crippen molar-refractivity contribution in [3.8, 4) is 0 Å². The number of hydrogen-bond donors (Lipinski definition) is 0. The highest BCUT2D eigenvalue weighted by molar-refractivity contribution is 6.30. The van der Waals surface area contributed by atoms with Crippen molar-refractivity contribution in [3.63, 3.8) is 0 Å². The van der Waals surface area contributed by atoms with Gasteiger partial charge in [-0.15, -0.1) is 0 Å². The van der Waals surface area contributed by atoms with Crippen LogP contribution in [0.3, 0.4) is 0 Å². The Morgan fingerprint density at radius 1 is 1.17 bits per heavy atom. The number of hydrogen-bond acceptors (Lipinski definition) is 4. The summed E-state index contributed by atoms with van der Waals surface area (Å²) in [6.45, 7) is 3.88. The molecule has 1 aliphatic heterocycles. The van der Waals surface area contributed by atoms with Gasteiger partial charge in [0.2, 0.25) is 6.29 Å². The lowest BCUT2D eigenvalue weighted by Crippen LogP contribution is -2.51. The molecule has 24 heavy (non-hydrogen) atoms. The Morgan fingerprint density at radius 2 is 1.92 bits per heavy atom. The molecule has 2 aromatic rings. The fourth-order valence-electron chi connectivity index (χ4n) is 3.54. The number of carbonyl (C=O) groups is 1. The van der Waals surface area contributed by atoms with E-state index in [2.05, 4.69) is 0 Å². The highest BCUT2D eigenvalue weighted by Crippen LogP contribution is 2.47. The molecule has 4 nitrogen and oxygen atoms in total. The minimum Gasteiger partial charge on any atom is -0.339 e. The summed E-state index contributed by atoms with van der Waals surface area (Å²) in [5, 5.41) is 0.637. The van der Waals surface area contributed by atoms with Crippen LogP contribution in [0.1, 0.15) is 46.7 Å². The van der Waals surface area contributed by atoms with E-state index >= 15 is 0 Å². The number of rotatable bonds is 1. The number of halogens is 1. The summed E-state index contributed by atoms with van der Waals surface area (Å²) in [5.74, 6) is 0.0662. The van der Waals surface area contributed by atoms with E-state index in [1.807, 2.05) is 44.2 Å². The molecular weight excluding hydrogens is 328 g/mol. The molecule has 1 aliphatic carbocycles. The van der Waals surface area contributed by atoms with Gasteiger partial charge in [0.15, 0.2) is 11.4 Å². The number of aryl methyl sites for hydroxylation is 1. The highest BCUT2D eigenvalue weighted by Gasteiger charge is 2.51. The van der Waals surface area contributed by atoms with Crippen molar-refractivity contribution in [2.24, 2.45) is 0 Å². The van der Waals surface area contributed by atoms with Crippen LogP contribution in [-0.4, -0.2) is 11.9 Å². The van der Waals surface area contributed by atoms with Crippen LogP contribution in [0.2, 0.25) is 5.02 Å². The van der Waals surface area contributed by atoms with Crippen molar-refractivity contribution in [2.75, 3.05) is 0 Å². The lowest BCUT2D eigenvalue weighted by atomic mass is 9.75. The Kier molecular flexibility index (Phi) is 3.73. The topological polar surface area (TPSA) is 44.8 Å². The van der Waals surface area contributed by atoms with Crippen LogP contribution >= 0.6 is 11.6 Å². The van der Waals surface area contributed by atoms with E-state index in [4.69, 9.17) is 26.1 Å². The fraction of sp³-hybridized carbons (Fsp3) is 0.316. The van der Waals surface area contributed by atoms with E-state index in [0.29, 0.717) is 10.6 Å². The smallest absolute Gasteiger partial charge is 0.217 e. The maximum atomic E-state index is 12.5. The quantitative estimate of drug-likeness (QED) is 0.715. The molecule has 1 saturated heterocycles. The number of Topliss-reactive ketones (excluding diaryl/α,β-unsaturated/α-hetero) is 1. The molecule has 2 aromatic carbocycles. The molecule has 0 radical (unpaired) electrons. The van der Waals surface area contributed by atoms with Crippen LogP contribution < -0.4 is 0 Å². The summed E-state index contributed by atoms with van der Waals surface area (Å²) in [6, 6.07) is 12.9. The van der Waals surface area contributed by atoms with Crippen LogP contribution in [0, 0.1) is 6.92 Å². The second-order valence-corrected chi connectivity index (χ2v) is 6.86. The van der Waals surface area contributed by atoms with Gasteiger partial charge >= 0.3 is 0 Å². The molecule has 2 aliphatic rings. The molecule has 1 heterocycles. The van der Waals surface area contributed by atoms with Crippen LogP contribution in [-0.2, 0) is 20.1 Å². The van der Waals surface area contributed by atoms with E-state index in [9.17, 15) is 4.79 Å². The molecule has 0 aromatic heterocycles. The fourth-order valence-corrected chi connectivity index (χ4v) is 3.66. The second-order valence-electron chi connectivity index (χ2n) is 6.42. The summed E-state index contributed by atoms with van der Waals surface area (Å²) in [4.78, 5) is 23.9. The molecule has 124 valence electrons. The number of fused-ring (bicyclic) bond motifs is 3. The standard InChI is InChI=1S/C19H17ClO4/c1-11-4-3-5-14-15(21)10-16-19(2,17(11)14)24-23-18(22-16)12-6-8-13(20)9-7-12/h3-9,16,18H,10H2,1-2H3/t16-,18-,19-/m0/s1. The second kappa shape index (κ2) is 5.67. The lowest BCUT2D eigenvalue weighted by Gasteiger charge is -2.46. The molecule has 0 saturated carbocycles. The van der Waals surface area contributed by atoms with Crippen molar-refractivity contribution in [3.05, 3.63) is 69.7 Å². The molecule has 0 N–H and O–H groups in total. The monoisotopic (exact) mass is 344 g/mol. The molecule has 0 spiro atoms. The predicted molar refractivity (Wildman–Crippen MR) is 88.7 cm³/mol. The van der Waals surface area contributed by atoms with Gasteiger partial charge in [-0.3, -0.25) is 4.79 Å². The zero-order valence-electron chi connectivity index (χ0n) is 13.4. The zero-order valence-corrected chi connectivity index (χ0v) is 14.2. The van der Waals surface area contributed by atoms with E-state index in [0.717, 1.165) is 16.7 Å². The van der Waals surface area contributed by atoms with Crippen molar-refractivity contribution in [1.29, 1.82) is 0 Å². The Bertz CT molecular complexity index is 802. The van der Waals surface area contributed by atoms with Gasteiger partial charge in [0.05, 0.1) is 0 Å². The first-order valence-corrected chi connectivity index (χ1v) is 8.25. The molecule has 0 unspecified atom stereocenters. The third-order valence-electron chi connectivity index (χ3n) is 4.79. The maximum Gasteiger partial charge on any atom is 0.217 e. The van der Waals surface area contributed by atoms with Crippen LogP contribution in [0.5, 0.6) is 0 Å². The molecule has 4 rings (SSSR count). The summed E-state index contributed by atoms with van der Waals surface area (Å²) in [7, 11) is 0. The summed E-state index contributed by atoms with van der Waals surface area (Å²) >= 11 is 5.92. The Balaban J connectivity index is 1.70. The number of ether oxygens (including phenoxy) is 1. The average Bonchev–Trinajstić information content (AvgIpc) is 2.56. The maximum absolute atomic E-state index is 12.5. The molecule has 0 bridgehead atoms. The van der Waals surface area contributed by atoms with Gasteiger partial charge in [0, 0.05) is 28.1 Å². The summed E-state index contributed by atoms with van der Waals surface area (Å²) < 4.78 is 6.09. The predicted octanol–water partition coefficient (Wildman–Crippen LogP) is 4.50. The van der Waals surface area contributed by atoms with Crippen molar-refractivity contribution in [1.82, 2.24) is 0 Å². The molecular formula is C19H17ClO4. The molecule has 0 amide bonds. The summed E-state index contributed by atoms with van der Waals surface area (Å²) in [6.07, 6.45) is -0.827. The SMILES string of the molecule is Cc1cccc2c1[C@@]1(C)OO[C@@H](c3ccc(Cl)cc3)O[C@H]1CC2=O. The van der Waals surface area contributed by atoms with E-state index < -0.39 is 18.0 Å². The highest BCUT2D eigenvalue weighted by atomic mass is 35.5. The number of benzene rings is 2. The van der Waals surface area contributed by atoms with Gasteiger partial charge in [0.1, 0.15) is 6.10 Å². The minimum absolute atomic E-state index is 0.0662. The van der Waals surface area contributed by atoms with Gasteiger partial charge < -0.3 is 4.74 Å². The van der Waals surface area contributed by atoms with Crippen molar-refractivity contribution in [2.45, 2.75) is 38.3 Å². The van der Waals surface area contributed by atoms with Gasteiger partial charge in [-0.1, -0.05) is 41.9 Å². The number of ketones is 1. The Hall–Kier alpha value is -1.72. The minimum atomic E-state index is -0.808. The van der Waals surface area contributed by atoms with E-state index in [1.54, 1.807) is 12.1 Å². The van der Waals surface area contributed by atoms with Crippen molar-refractivity contribution >= 4 is 17.4 Å². The molecule has 1 fully saturated rings. The Labute approximate surface area is 145 Å². The average molecular weight is 345 g/mol. The molecule has 3 atom stereocenters. The van der Waals surface area contributed by atoms with E-state index in [1.165, 1.54) is 0 Å². The lowest BCUT2D eigenvalue weighted by molar-refractivity contribution is -0.496. The van der Waals surface area contributed by atoms with Crippen LogP contribution in [0.15, 0.2) is 42.5 Å².